The molecule has 4 rings (SSSR count). The Bertz CT molecular complexity index is 745. The van der Waals surface area contributed by atoms with E-state index in [-0.39, 0.29) is 11.9 Å². The van der Waals surface area contributed by atoms with Gasteiger partial charge in [0.15, 0.2) is 0 Å². The zero-order chi connectivity index (χ0) is 21.3. The lowest BCUT2D eigenvalue weighted by molar-refractivity contribution is -0.536. The maximum atomic E-state index is 13.1. The van der Waals surface area contributed by atoms with Crippen molar-refractivity contribution in [2.75, 3.05) is 66.6 Å². The first-order valence-electron chi connectivity index (χ1n) is 11.3. The van der Waals surface area contributed by atoms with Gasteiger partial charge in [0.25, 0.3) is 17.8 Å². The molecule has 2 unspecified atom stereocenters. The van der Waals surface area contributed by atoms with E-state index in [2.05, 4.69) is 21.3 Å². The summed E-state index contributed by atoms with van der Waals surface area (Å²) in [5.74, 6) is 1.32. The number of piperidine rings is 1. The van der Waals surface area contributed by atoms with Crippen molar-refractivity contribution in [2.24, 2.45) is 4.99 Å². The predicted octanol–water partition coefficient (Wildman–Crippen LogP) is 0.299. The van der Waals surface area contributed by atoms with E-state index in [0.29, 0.717) is 11.9 Å². The van der Waals surface area contributed by atoms with Crippen LogP contribution in [0.5, 0.6) is 0 Å². The molecule has 4 aliphatic rings. The molecule has 3 amide bonds. The first-order valence-corrected chi connectivity index (χ1v) is 11.3. The summed E-state index contributed by atoms with van der Waals surface area (Å²) in [6, 6.07) is -0.250. The number of carbonyl (C=O) groups is 2. The molecular weight excluding hydrogens is 384 g/mol. The van der Waals surface area contributed by atoms with Gasteiger partial charge in [0, 0.05) is 39.8 Å². The van der Waals surface area contributed by atoms with Crippen molar-refractivity contribution in [2.45, 2.75) is 44.7 Å². The second-order valence-electron chi connectivity index (χ2n) is 8.70. The number of imide groups is 1. The van der Waals surface area contributed by atoms with Gasteiger partial charge in [-0.3, -0.25) is 24.4 Å². The molecule has 0 aromatic heterocycles. The Labute approximate surface area is 178 Å². The number of likely N-dealkylation sites (N-methyl/N-ethyl adjacent to an activating group) is 2. The summed E-state index contributed by atoms with van der Waals surface area (Å²) < 4.78 is 7.61. The number of aliphatic imine (C=N–C) groups is 1. The molecule has 166 valence electrons. The molecule has 4 aliphatic heterocycles. The highest BCUT2D eigenvalue weighted by atomic mass is 16.5. The lowest BCUT2D eigenvalue weighted by Gasteiger charge is -2.34. The van der Waals surface area contributed by atoms with Gasteiger partial charge in [-0.15, -0.1) is 0 Å². The third-order valence-corrected chi connectivity index (χ3v) is 6.94. The lowest BCUT2D eigenvalue weighted by atomic mass is 10.00. The van der Waals surface area contributed by atoms with Gasteiger partial charge in [0.1, 0.15) is 6.54 Å². The van der Waals surface area contributed by atoms with E-state index in [0.717, 1.165) is 64.7 Å². The highest BCUT2D eigenvalue weighted by Crippen LogP contribution is 2.23. The standard InChI is InChI=1S/C21H35N6O3/c1-4-16-7-5-6-8-26(16)15-17-22-19-18(20(28)24(3)21(29)23(19)2)27(17)10-9-25-11-13-30-14-12-25/h16,18H,4-15H2,1-3H3/q+1. The van der Waals surface area contributed by atoms with E-state index in [1.54, 1.807) is 14.1 Å². The summed E-state index contributed by atoms with van der Waals surface area (Å²) in [5, 5.41) is 0. The van der Waals surface area contributed by atoms with Crippen LogP contribution in [0.25, 0.3) is 0 Å². The van der Waals surface area contributed by atoms with Gasteiger partial charge in [-0.25, -0.2) is 9.37 Å². The number of likely N-dealkylation sites (tertiary alicyclic amines) is 1. The van der Waals surface area contributed by atoms with Crippen LogP contribution in [0, 0.1) is 0 Å². The Morgan fingerprint density at radius 2 is 1.87 bits per heavy atom. The number of hydrogen-bond acceptors (Lipinski definition) is 6. The number of rotatable bonds is 6. The van der Waals surface area contributed by atoms with Crippen LogP contribution in [0.2, 0.25) is 0 Å². The molecule has 0 saturated carbocycles. The number of hydrogen-bond donors (Lipinski definition) is 0. The number of nitrogens with zero attached hydrogens (tertiary/aromatic N) is 6. The van der Waals surface area contributed by atoms with Gasteiger partial charge < -0.3 is 4.74 Å². The Morgan fingerprint density at radius 3 is 2.60 bits per heavy atom. The molecule has 0 bridgehead atoms. The highest BCUT2D eigenvalue weighted by molar-refractivity contribution is 6.23. The number of amides is 3. The largest absolute Gasteiger partial charge is 0.379 e. The Hall–Kier alpha value is -1.84. The van der Waals surface area contributed by atoms with Gasteiger partial charge >= 0.3 is 11.9 Å². The number of ether oxygens (including phenoxy) is 1. The van der Waals surface area contributed by atoms with Crippen LogP contribution in [-0.4, -0.2) is 126 Å². The van der Waals surface area contributed by atoms with Crippen LogP contribution in [-0.2, 0) is 9.53 Å². The Morgan fingerprint density at radius 1 is 1.10 bits per heavy atom. The van der Waals surface area contributed by atoms with Crippen LogP contribution in [0.4, 0.5) is 4.79 Å². The number of urea groups is 1. The summed E-state index contributed by atoms with van der Waals surface area (Å²) in [6.07, 6.45) is 4.83. The monoisotopic (exact) mass is 419 g/mol. The van der Waals surface area contributed by atoms with Crippen LogP contribution in [0.15, 0.2) is 4.99 Å². The van der Waals surface area contributed by atoms with Crippen LogP contribution >= 0.6 is 0 Å². The number of carbonyl (C=O) groups excluding carboxylic acids is 2. The summed E-state index contributed by atoms with van der Waals surface area (Å²) in [4.78, 5) is 38.1. The second kappa shape index (κ2) is 9.11. The van der Waals surface area contributed by atoms with E-state index in [1.807, 2.05) is 0 Å². The molecule has 0 spiro atoms. The predicted molar refractivity (Wildman–Crippen MR) is 114 cm³/mol. The van der Waals surface area contributed by atoms with Gasteiger partial charge in [0.2, 0.25) is 0 Å². The quantitative estimate of drug-likeness (QED) is 0.579. The van der Waals surface area contributed by atoms with Crippen LogP contribution in [0.3, 0.4) is 0 Å². The minimum absolute atomic E-state index is 0.181. The third-order valence-electron chi connectivity index (χ3n) is 6.94. The molecule has 9 nitrogen and oxygen atoms in total. The fourth-order valence-corrected chi connectivity index (χ4v) is 5.02. The molecule has 0 N–H and O–H groups in total. The van der Waals surface area contributed by atoms with Crippen molar-refractivity contribution in [3.63, 3.8) is 0 Å². The second-order valence-corrected chi connectivity index (χ2v) is 8.70. The molecule has 3 saturated heterocycles. The van der Waals surface area contributed by atoms with E-state index < -0.39 is 6.04 Å². The molecule has 0 aromatic carbocycles. The first kappa shape index (κ1) is 21.4. The third kappa shape index (κ3) is 4.02. The van der Waals surface area contributed by atoms with Gasteiger partial charge in [-0.2, -0.15) is 0 Å². The topological polar surface area (TPSA) is 71.7 Å². The van der Waals surface area contributed by atoms with Gasteiger partial charge in [-0.1, -0.05) is 13.3 Å². The van der Waals surface area contributed by atoms with E-state index in [4.69, 9.17) is 9.73 Å². The van der Waals surface area contributed by atoms with Gasteiger partial charge in [0.05, 0.1) is 19.8 Å². The summed E-state index contributed by atoms with van der Waals surface area (Å²) >= 11 is 0. The van der Waals surface area contributed by atoms with Crippen LogP contribution < -0.4 is 0 Å². The average molecular weight is 420 g/mol. The number of amidine groups is 2. The van der Waals surface area contributed by atoms with Crippen molar-refractivity contribution < 1.29 is 18.9 Å². The fraction of sp³-hybridized carbons (Fsp3) is 0.810. The number of morpholine rings is 1. The average Bonchev–Trinajstić information content (AvgIpc) is 3.14. The summed E-state index contributed by atoms with van der Waals surface area (Å²) in [7, 11) is 3.28. The van der Waals surface area contributed by atoms with Gasteiger partial charge in [-0.05, 0) is 30.8 Å². The Balaban J connectivity index is 1.59. The maximum absolute atomic E-state index is 13.1. The maximum Gasteiger partial charge on any atom is 0.333 e. The summed E-state index contributed by atoms with van der Waals surface area (Å²) in [5.41, 5.74) is 0. The minimum Gasteiger partial charge on any atom is -0.379 e. The zero-order valence-corrected chi connectivity index (χ0v) is 18.5. The molecule has 2 atom stereocenters. The minimum atomic E-state index is -0.501. The number of fused-ring (bicyclic) bond motifs is 1. The van der Waals surface area contributed by atoms with E-state index in [1.165, 1.54) is 29.1 Å². The molecular formula is C21H35N6O3+. The van der Waals surface area contributed by atoms with Crippen molar-refractivity contribution >= 4 is 23.6 Å². The normalized spacial score (nSPS) is 29.0. The molecule has 30 heavy (non-hydrogen) atoms. The van der Waals surface area contributed by atoms with Crippen LogP contribution in [0.1, 0.15) is 32.6 Å². The van der Waals surface area contributed by atoms with E-state index >= 15 is 0 Å². The lowest BCUT2D eigenvalue weighted by Crippen LogP contribution is -2.62. The van der Waals surface area contributed by atoms with Crippen molar-refractivity contribution in [1.29, 1.82) is 0 Å². The zero-order valence-electron chi connectivity index (χ0n) is 18.5. The van der Waals surface area contributed by atoms with Crippen molar-refractivity contribution in [1.82, 2.24) is 19.6 Å². The SMILES string of the molecule is CCC1CCCCN1CC1=[N+](CCN2CCOCC2)C2C(=O)N(C)C(=O)N(C)C2=N1. The molecule has 0 aromatic rings. The smallest absolute Gasteiger partial charge is 0.333 e. The molecule has 0 radical (unpaired) electrons. The summed E-state index contributed by atoms with van der Waals surface area (Å²) in [6.45, 7) is 8.97. The molecule has 4 heterocycles. The highest BCUT2D eigenvalue weighted by Gasteiger charge is 2.53. The Kier molecular flexibility index (Phi) is 6.50. The molecule has 0 aliphatic carbocycles. The van der Waals surface area contributed by atoms with Crippen molar-refractivity contribution in [3.8, 4) is 0 Å². The fourth-order valence-electron chi connectivity index (χ4n) is 5.02. The first-order chi connectivity index (χ1) is 14.5. The molecule has 3 fully saturated rings. The molecule has 9 heteroatoms. The van der Waals surface area contributed by atoms with Crippen molar-refractivity contribution in [3.05, 3.63) is 0 Å². The van der Waals surface area contributed by atoms with E-state index in [9.17, 15) is 9.59 Å².